The van der Waals surface area contributed by atoms with Gasteiger partial charge in [0.15, 0.2) is 5.75 Å². The average molecular weight is 519 g/mol. The van der Waals surface area contributed by atoms with Gasteiger partial charge in [0, 0.05) is 6.07 Å². The second-order valence-electron chi connectivity index (χ2n) is 8.02. The van der Waals surface area contributed by atoms with E-state index in [1.54, 1.807) is 24.3 Å². The molecule has 3 aromatic rings. The molecule has 2 aliphatic heterocycles. The number of nitrogens with zero attached hydrogens (tertiary/aromatic N) is 2. The summed E-state index contributed by atoms with van der Waals surface area (Å²) < 4.78 is 10.4. The highest BCUT2D eigenvalue weighted by Crippen LogP contribution is 2.30. The number of carbonyl (C=O) groups excluding carboxylic acids is 6. The van der Waals surface area contributed by atoms with Gasteiger partial charge in [-0.3, -0.25) is 29.0 Å². The van der Waals surface area contributed by atoms with Gasteiger partial charge in [-0.05, 0) is 36.4 Å². The molecule has 0 N–H and O–H groups in total. The Morgan fingerprint density at radius 1 is 0.622 bits per heavy atom. The third-order valence-corrected chi connectivity index (χ3v) is 6.00. The van der Waals surface area contributed by atoms with Gasteiger partial charge >= 0.3 is 11.9 Å². The van der Waals surface area contributed by atoms with Crippen LogP contribution in [0.15, 0.2) is 66.7 Å². The van der Waals surface area contributed by atoms with Crippen molar-refractivity contribution in [2.24, 2.45) is 0 Å². The van der Waals surface area contributed by atoms with Gasteiger partial charge in [0.2, 0.25) is 0 Å². The molecule has 0 aliphatic carbocycles. The van der Waals surface area contributed by atoms with Gasteiger partial charge in [-0.2, -0.15) is 0 Å². The number of rotatable bonds is 6. The molecule has 0 saturated heterocycles. The van der Waals surface area contributed by atoms with Crippen LogP contribution in [0.25, 0.3) is 0 Å². The summed E-state index contributed by atoms with van der Waals surface area (Å²) in [6.07, 6.45) is 0. The van der Waals surface area contributed by atoms with Gasteiger partial charge < -0.3 is 9.47 Å². The zero-order chi connectivity index (χ0) is 26.3. The highest BCUT2D eigenvalue weighted by Gasteiger charge is 2.38. The van der Waals surface area contributed by atoms with Crippen molar-refractivity contribution in [3.63, 3.8) is 0 Å². The summed E-state index contributed by atoms with van der Waals surface area (Å²) >= 11 is 6.09. The first-order valence-electron chi connectivity index (χ1n) is 10.9. The summed E-state index contributed by atoms with van der Waals surface area (Å²) in [5.74, 6) is -4.61. The van der Waals surface area contributed by atoms with Gasteiger partial charge in [-0.1, -0.05) is 35.9 Å². The Morgan fingerprint density at radius 3 is 1.46 bits per heavy atom. The second-order valence-corrected chi connectivity index (χ2v) is 8.43. The predicted molar refractivity (Wildman–Crippen MR) is 126 cm³/mol. The van der Waals surface area contributed by atoms with Crippen molar-refractivity contribution >= 4 is 47.2 Å². The van der Waals surface area contributed by atoms with E-state index in [1.165, 1.54) is 36.4 Å². The maximum atomic E-state index is 12.5. The molecule has 2 heterocycles. The van der Waals surface area contributed by atoms with Gasteiger partial charge in [-0.15, -0.1) is 0 Å². The smallest absolute Gasteiger partial charge is 0.331 e. The zero-order valence-electron chi connectivity index (χ0n) is 18.8. The molecule has 184 valence electrons. The number of hydrogen-bond donors (Lipinski definition) is 0. The van der Waals surface area contributed by atoms with Crippen LogP contribution >= 0.6 is 11.6 Å². The van der Waals surface area contributed by atoms with Crippen molar-refractivity contribution in [3.8, 4) is 11.5 Å². The lowest BCUT2D eigenvalue weighted by atomic mass is 10.1. The second kappa shape index (κ2) is 9.32. The first kappa shape index (κ1) is 23.9. The fourth-order valence-electron chi connectivity index (χ4n) is 3.97. The van der Waals surface area contributed by atoms with Gasteiger partial charge in [0.05, 0.1) is 27.3 Å². The largest absolute Gasteiger partial charge is 0.425 e. The summed E-state index contributed by atoms with van der Waals surface area (Å²) in [5, 5.41) is -0.00384. The molecular formula is C26H15ClN2O8. The number of imide groups is 2. The summed E-state index contributed by atoms with van der Waals surface area (Å²) in [7, 11) is 0. The van der Waals surface area contributed by atoms with E-state index in [0.29, 0.717) is 0 Å². The number of ether oxygens (including phenoxy) is 2. The molecule has 0 bridgehead atoms. The number of benzene rings is 3. The Bertz CT molecular complexity index is 1460. The quantitative estimate of drug-likeness (QED) is 0.277. The first-order valence-corrected chi connectivity index (χ1v) is 11.2. The van der Waals surface area contributed by atoms with Crippen molar-refractivity contribution < 1.29 is 38.2 Å². The molecule has 0 unspecified atom stereocenters. The van der Waals surface area contributed by atoms with E-state index in [0.717, 1.165) is 15.9 Å². The zero-order valence-corrected chi connectivity index (χ0v) is 19.6. The standard InChI is InChI=1S/C26H15ClN2O8/c27-19-10-9-14(36-21(30)12-28-23(32)15-5-1-2-6-16(15)24(28)33)11-20(19)37-22(31)13-29-25(34)17-7-3-4-8-18(17)26(29)35/h1-11H,12-13H2. The van der Waals surface area contributed by atoms with E-state index in [-0.39, 0.29) is 38.8 Å². The normalized spacial score (nSPS) is 14.1. The van der Waals surface area contributed by atoms with E-state index in [2.05, 4.69) is 0 Å². The molecule has 4 amide bonds. The van der Waals surface area contributed by atoms with Crippen LogP contribution in [0.3, 0.4) is 0 Å². The maximum Gasteiger partial charge on any atom is 0.331 e. The lowest BCUT2D eigenvalue weighted by Crippen LogP contribution is -2.37. The fourth-order valence-corrected chi connectivity index (χ4v) is 4.12. The first-order chi connectivity index (χ1) is 17.7. The van der Waals surface area contributed by atoms with Crippen LogP contribution in [0.4, 0.5) is 0 Å². The van der Waals surface area contributed by atoms with Crippen LogP contribution in [-0.2, 0) is 9.59 Å². The Hall–Kier alpha value is -4.83. The Kier molecular flexibility index (Phi) is 6.02. The van der Waals surface area contributed by atoms with Crippen molar-refractivity contribution in [3.05, 3.63) is 94.0 Å². The molecule has 2 aliphatic rings. The van der Waals surface area contributed by atoms with Gasteiger partial charge in [0.1, 0.15) is 18.8 Å². The number of carbonyl (C=O) groups is 6. The number of hydrogen-bond acceptors (Lipinski definition) is 8. The Labute approximate surface area is 213 Å². The highest BCUT2D eigenvalue weighted by atomic mass is 35.5. The molecule has 10 nitrogen and oxygen atoms in total. The predicted octanol–water partition coefficient (Wildman–Crippen LogP) is 2.74. The van der Waals surface area contributed by atoms with E-state index in [1.807, 2.05) is 0 Å². The SMILES string of the molecule is O=C(CN1C(=O)c2ccccc2C1=O)Oc1ccc(Cl)c(OC(=O)CN2C(=O)c3ccccc3C2=O)c1. The lowest BCUT2D eigenvalue weighted by Gasteiger charge is -2.15. The van der Waals surface area contributed by atoms with Crippen molar-refractivity contribution in [2.75, 3.05) is 13.1 Å². The van der Waals surface area contributed by atoms with Crippen LogP contribution < -0.4 is 9.47 Å². The highest BCUT2D eigenvalue weighted by molar-refractivity contribution is 6.32. The van der Waals surface area contributed by atoms with Crippen LogP contribution in [0.2, 0.25) is 5.02 Å². The number of amides is 4. The van der Waals surface area contributed by atoms with Crippen LogP contribution in [0, 0.1) is 0 Å². The van der Waals surface area contributed by atoms with Crippen molar-refractivity contribution in [1.82, 2.24) is 9.80 Å². The molecule has 5 rings (SSSR count). The Balaban J connectivity index is 1.23. The molecule has 0 radical (unpaired) electrons. The molecule has 11 heteroatoms. The summed E-state index contributed by atoms with van der Waals surface area (Å²) in [4.78, 5) is 76.3. The summed E-state index contributed by atoms with van der Waals surface area (Å²) in [6, 6.07) is 16.2. The van der Waals surface area contributed by atoms with E-state index < -0.39 is 48.7 Å². The number of esters is 2. The van der Waals surface area contributed by atoms with Crippen molar-refractivity contribution in [1.29, 1.82) is 0 Å². The number of halogens is 1. The maximum absolute atomic E-state index is 12.5. The van der Waals surface area contributed by atoms with E-state index in [9.17, 15) is 28.8 Å². The molecule has 0 aromatic heterocycles. The van der Waals surface area contributed by atoms with Gasteiger partial charge in [0.25, 0.3) is 23.6 Å². The van der Waals surface area contributed by atoms with Crippen molar-refractivity contribution in [2.45, 2.75) is 0 Å². The lowest BCUT2D eigenvalue weighted by molar-refractivity contribution is -0.135. The topological polar surface area (TPSA) is 127 Å². The molecule has 0 saturated carbocycles. The van der Waals surface area contributed by atoms with Crippen LogP contribution in [-0.4, -0.2) is 58.5 Å². The third kappa shape index (κ3) is 4.34. The van der Waals surface area contributed by atoms with E-state index in [4.69, 9.17) is 21.1 Å². The van der Waals surface area contributed by atoms with Crippen LogP contribution in [0.1, 0.15) is 41.4 Å². The minimum absolute atomic E-state index is 0.00384. The average Bonchev–Trinajstić information content (AvgIpc) is 3.27. The minimum atomic E-state index is -0.953. The van der Waals surface area contributed by atoms with E-state index >= 15 is 0 Å². The molecular weight excluding hydrogens is 504 g/mol. The van der Waals surface area contributed by atoms with Gasteiger partial charge in [-0.25, -0.2) is 9.59 Å². The summed E-state index contributed by atoms with van der Waals surface area (Å²) in [5.41, 5.74) is 0.758. The Morgan fingerprint density at radius 2 is 1.03 bits per heavy atom. The fraction of sp³-hybridized carbons (Fsp3) is 0.0769. The molecule has 0 fully saturated rings. The summed E-state index contributed by atoms with van der Waals surface area (Å²) in [6.45, 7) is -1.30. The molecule has 0 spiro atoms. The molecule has 37 heavy (non-hydrogen) atoms. The monoisotopic (exact) mass is 518 g/mol. The third-order valence-electron chi connectivity index (χ3n) is 5.69. The van der Waals surface area contributed by atoms with Crippen LogP contribution in [0.5, 0.6) is 11.5 Å². The minimum Gasteiger partial charge on any atom is -0.425 e. The number of fused-ring (bicyclic) bond motifs is 2. The molecule has 0 atom stereocenters. The molecule has 3 aromatic carbocycles.